The second-order valence-corrected chi connectivity index (χ2v) is 9.32. The van der Waals surface area contributed by atoms with Crippen molar-refractivity contribution in [2.45, 2.75) is 23.4 Å². The second-order valence-electron chi connectivity index (χ2n) is 8.18. The highest BCUT2D eigenvalue weighted by Gasteiger charge is 2.34. The highest BCUT2D eigenvalue weighted by molar-refractivity contribution is 8.00. The Balaban J connectivity index is 1.53. The van der Waals surface area contributed by atoms with Crippen molar-refractivity contribution < 1.29 is 18.0 Å². The molecule has 1 unspecified atom stereocenters. The smallest absolute Gasteiger partial charge is 0.305 e. The number of allylic oxidation sites excluding steroid dienone is 4. The number of thioether (sulfide) groups is 1. The van der Waals surface area contributed by atoms with Crippen molar-refractivity contribution in [3.05, 3.63) is 107 Å². The van der Waals surface area contributed by atoms with E-state index < -0.39 is 5.51 Å². The molecule has 0 fully saturated rings. The SMILES string of the molecule is CC1CN(c2ccc(SC(F)(F)F)cc2)C(=O)c2c(N=C(C3=CC=C=C=C3)c3ccccc3)cnn21. The van der Waals surface area contributed by atoms with Gasteiger partial charge in [-0.1, -0.05) is 41.8 Å². The van der Waals surface area contributed by atoms with Crippen molar-refractivity contribution in [1.82, 2.24) is 9.78 Å². The molecular weight excluding hydrogens is 485 g/mol. The van der Waals surface area contributed by atoms with E-state index in [1.165, 1.54) is 24.3 Å². The molecular formula is C27H19F3N4OS. The summed E-state index contributed by atoms with van der Waals surface area (Å²) in [5.74, 6) is -0.319. The van der Waals surface area contributed by atoms with Crippen LogP contribution in [0.3, 0.4) is 0 Å². The van der Waals surface area contributed by atoms with Crippen molar-refractivity contribution in [1.29, 1.82) is 0 Å². The number of aromatic nitrogens is 2. The van der Waals surface area contributed by atoms with Crippen LogP contribution < -0.4 is 4.90 Å². The fourth-order valence-corrected chi connectivity index (χ4v) is 4.63. The monoisotopic (exact) mass is 504 g/mol. The van der Waals surface area contributed by atoms with E-state index in [0.717, 1.165) is 11.1 Å². The van der Waals surface area contributed by atoms with Gasteiger partial charge < -0.3 is 4.90 Å². The minimum absolute atomic E-state index is 0.0588. The number of halogens is 3. The summed E-state index contributed by atoms with van der Waals surface area (Å²) in [7, 11) is 0. The van der Waals surface area contributed by atoms with Gasteiger partial charge >= 0.3 is 5.51 Å². The minimum atomic E-state index is -4.37. The van der Waals surface area contributed by atoms with Crippen LogP contribution in [-0.4, -0.2) is 33.5 Å². The fourth-order valence-electron chi connectivity index (χ4n) is 4.09. The van der Waals surface area contributed by atoms with Crippen LogP contribution in [0.1, 0.15) is 29.0 Å². The number of hydrogen-bond acceptors (Lipinski definition) is 4. The largest absolute Gasteiger partial charge is 0.446 e. The Morgan fingerprint density at radius 3 is 2.53 bits per heavy atom. The first-order valence-corrected chi connectivity index (χ1v) is 11.9. The zero-order chi connectivity index (χ0) is 25.3. The van der Waals surface area contributed by atoms with Crippen LogP contribution in [0, 0.1) is 0 Å². The van der Waals surface area contributed by atoms with Crippen LogP contribution in [0.25, 0.3) is 0 Å². The first-order valence-electron chi connectivity index (χ1n) is 11.1. The standard InChI is InChI=1S/C27H19F3N4OS/c1-18-17-33(21-12-14-22(15-13-21)36-27(28,29)30)26(35)25-23(16-31-34(18)25)32-24(19-8-4-2-5-9-19)20-10-6-3-7-11-20/h2,4-6,8-16,18H,17H2,1H3. The molecule has 0 spiro atoms. The van der Waals surface area contributed by atoms with E-state index in [1.807, 2.05) is 43.3 Å². The fraction of sp³-hybridized carbons (Fsp3) is 0.148. The van der Waals surface area contributed by atoms with Gasteiger partial charge in [0.25, 0.3) is 5.91 Å². The summed E-state index contributed by atoms with van der Waals surface area (Å²) < 4.78 is 39.8. The predicted molar refractivity (Wildman–Crippen MR) is 134 cm³/mol. The van der Waals surface area contributed by atoms with E-state index in [1.54, 1.807) is 27.9 Å². The molecule has 0 bridgehead atoms. The maximum Gasteiger partial charge on any atom is 0.446 e. The Hall–Kier alpha value is -4.03. The summed E-state index contributed by atoms with van der Waals surface area (Å²) in [6.45, 7) is 2.26. The number of anilines is 1. The average molecular weight is 505 g/mol. The third kappa shape index (κ3) is 4.86. The van der Waals surface area contributed by atoms with Crippen LogP contribution in [0.4, 0.5) is 24.5 Å². The normalized spacial score (nSPS) is 17.4. The van der Waals surface area contributed by atoms with E-state index in [0.29, 0.717) is 29.3 Å². The van der Waals surface area contributed by atoms with Gasteiger partial charge in [0.05, 0.1) is 18.0 Å². The molecule has 0 N–H and O–H groups in total. The van der Waals surface area contributed by atoms with Crippen molar-refractivity contribution in [2.24, 2.45) is 4.99 Å². The first kappa shape index (κ1) is 23.7. The Bertz CT molecular complexity index is 1470. The third-order valence-electron chi connectivity index (χ3n) is 5.68. The van der Waals surface area contributed by atoms with E-state index in [-0.39, 0.29) is 28.6 Å². The highest BCUT2D eigenvalue weighted by Crippen LogP contribution is 2.38. The van der Waals surface area contributed by atoms with Crippen LogP contribution in [-0.2, 0) is 0 Å². The molecule has 1 aliphatic carbocycles. The lowest BCUT2D eigenvalue weighted by Gasteiger charge is -2.32. The first-order chi connectivity index (χ1) is 17.3. The molecule has 1 aliphatic heterocycles. The third-order valence-corrected chi connectivity index (χ3v) is 6.42. The van der Waals surface area contributed by atoms with E-state index in [2.05, 4.69) is 16.6 Å². The summed E-state index contributed by atoms with van der Waals surface area (Å²) >= 11 is -0.188. The van der Waals surface area contributed by atoms with Crippen molar-refractivity contribution in [3.8, 4) is 0 Å². The van der Waals surface area contributed by atoms with Gasteiger partial charge in [-0.25, -0.2) is 4.99 Å². The number of aliphatic imine (C=N–C) groups is 1. The van der Waals surface area contributed by atoms with Crippen molar-refractivity contribution in [2.75, 3.05) is 11.4 Å². The maximum absolute atomic E-state index is 13.6. The predicted octanol–water partition coefficient (Wildman–Crippen LogP) is 6.64. The van der Waals surface area contributed by atoms with Gasteiger partial charge in [0.1, 0.15) is 5.69 Å². The number of carbonyl (C=O) groups excluding carboxylic acids is 1. The molecule has 2 heterocycles. The number of carbonyl (C=O) groups is 1. The number of amides is 1. The summed E-state index contributed by atoms with van der Waals surface area (Å²) in [6, 6.07) is 15.2. The second kappa shape index (κ2) is 9.55. The van der Waals surface area contributed by atoms with Crippen molar-refractivity contribution in [3.63, 3.8) is 0 Å². The molecule has 36 heavy (non-hydrogen) atoms. The lowest BCUT2D eigenvalue weighted by Crippen LogP contribution is -2.42. The lowest BCUT2D eigenvalue weighted by molar-refractivity contribution is -0.0328. The van der Waals surface area contributed by atoms with Crippen molar-refractivity contribution >= 4 is 34.8 Å². The van der Waals surface area contributed by atoms with Gasteiger partial charge in [0.15, 0.2) is 5.69 Å². The van der Waals surface area contributed by atoms with Gasteiger partial charge in [-0.2, -0.15) is 18.3 Å². The molecule has 3 aromatic rings. The van der Waals surface area contributed by atoms with E-state index in [4.69, 9.17) is 4.99 Å². The topological polar surface area (TPSA) is 50.5 Å². The van der Waals surface area contributed by atoms with Crippen LogP contribution >= 0.6 is 11.8 Å². The van der Waals surface area contributed by atoms with Gasteiger partial charge in [-0.3, -0.25) is 9.48 Å². The Morgan fingerprint density at radius 2 is 1.86 bits per heavy atom. The number of fused-ring (bicyclic) bond motifs is 1. The number of benzene rings is 2. The lowest BCUT2D eigenvalue weighted by atomic mass is 10.0. The Kier molecular flexibility index (Phi) is 6.29. The highest BCUT2D eigenvalue weighted by atomic mass is 32.2. The molecule has 1 aromatic heterocycles. The van der Waals surface area contributed by atoms with Gasteiger partial charge in [-0.05, 0) is 61.2 Å². The summed E-state index contributed by atoms with van der Waals surface area (Å²) in [4.78, 5) is 20.1. The van der Waals surface area contributed by atoms with E-state index in [9.17, 15) is 18.0 Å². The van der Waals surface area contributed by atoms with Gasteiger partial charge in [0.2, 0.25) is 0 Å². The molecule has 5 rings (SSSR count). The zero-order valence-electron chi connectivity index (χ0n) is 19.0. The maximum atomic E-state index is 13.6. The van der Waals surface area contributed by atoms with Crippen LogP contribution in [0.15, 0.2) is 106 Å². The average Bonchev–Trinajstić information content (AvgIpc) is 3.30. The quantitative estimate of drug-likeness (QED) is 0.222. The summed E-state index contributed by atoms with van der Waals surface area (Å²) in [6.07, 6.45) is 6.96. The number of alkyl halides is 3. The zero-order valence-corrected chi connectivity index (χ0v) is 19.8. The molecule has 2 aliphatic rings. The summed E-state index contributed by atoms with van der Waals surface area (Å²) in [5, 5.41) is 4.43. The molecule has 9 heteroatoms. The molecule has 2 aromatic carbocycles. The Morgan fingerprint density at radius 1 is 1.11 bits per heavy atom. The molecule has 1 amide bonds. The number of hydrogen-bond donors (Lipinski definition) is 0. The molecule has 5 nitrogen and oxygen atoms in total. The van der Waals surface area contributed by atoms with Crippen LogP contribution in [0.2, 0.25) is 0 Å². The van der Waals surface area contributed by atoms with E-state index >= 15 is 0 Å². The van der Waals surface area contributed by atoms with Gasteiger partial charge in [0, 0.05) is 28.3 Å². The summed E-state index contributed by atoms with van der Waals surface area (Å²) in [5.41, 5.74) is 5.02. The number of nitrogens with zero attached hydrogens (tertiary/aromatic N) is 4. The molecule has 0 saturated heterocycles. The molecule has 0 saturated carbocycles. The molecule has 1 atom stereocenters. The molecule has 0 radical (unpaired) electrons. The Labute approximate surface area is 209 Å². The minimum Gasteiger partial charge on any atom is -0.305 e. The van der Waals surface area contributed by atoms with Crippen LogP contribution in [0.5, 0.6) is 0 Å². The number of rotatable bonds is 5. The van der Waals surface area contributed by atoms with Gasteiger partial charge in [-0.15, -0.1) is 0 Å². The molecule has 180 valence electrons.